The van der Waals surface area contributed by atoms with Gasteiger partial charge in [-0.2, -0.15) is 0 Å². The number of carbonyl (C=O) groups excluding carboxylic acids is 1. The molecule has 0 atom stereocenters. The van der Waals surface area contributed by atoms with Crippen molar-refractivity contribution >= 4 is 35.0 Å². The number of aromatic nitrogens is 4. The first-order valence-electron chi connectivity index (χ1n) is 9.80. The van der Waals surface area contributed by atoms with Crippen LogP contribution >= 0.6 is 23.4 Å². The average Bonchev–Trinajstić information content (AvgIpc) is 3.19. The maximum absolute atomic E-state index is 12.4. The Kier molecular flexibility index (Phi) is 8.69. The maximum atomic E-state index is 12.4. The lowest BCUT2D eigenvalue weighted by molar-refractivity contribution is -0.113. The van der Waals surface area contributed by atoms with Crippen molar-refractivity contribution in [3.63, 3.8) is 0 Å². The van der Waals surface area contributed by atoms with Gasteiger partial charge in [0.2, 0.25) is 5.91 Å². The Morgan fingerprint density at radius 1 is 1.23 bits per heavy atom. The number of benzene rings is 1. The van der Waals surface area contributed by atoms with Gasteiger partial charge in [0.05, 0.1) is 17.9 Å². The second-order valence-corrected chi connectivity index (χ2v) is 7.78. The molecule has 2 heterocycles. The smallest absolute Gasteiger partial charge is 0.234 e. The number of methoxy groups -OCH3 is 1. The molecular formula is C21H24ClN5O3S. The average molecular weight is 462 g/mol. The minimum absolute atomic E-state index is 0.166. The van der Waals surface area contributed by atoms with Gasteiger partial charge in [-0.15, -0.1) is 10.2 Å². The fourth-order valence-corrected chi connectivity index (χ4v) is 3.87. The number of nitrogens with zero attached hydrogens (tertiary/aromatic N) is 4. The second kappa shape index (κ2) is 11.7. The lowest BCUT2D eigenvalue weighted by Gasteiger charge is -2.11. The fourth-order valence-electron chi connectivity index (χ4n) is 2.85. The Balaban J connectivity index is 1.67. The highest BCUT2D eigenvalue weighted by atomic mass is 35.5. The third-order valence-corrected chi connectivity index (χ3v) is 5.56. The first-order chi connectivity index (χ1) is 15.1. The van der Waals surface area contributed by atoms with Gasteiger partial charge < -0.3 is 19.4 Å². The molecule has 1 amide bonds. The Labute approximate surface area is 190 Å². The summed E-state index contributed by atoms with van der Waals surface area (Å²) in [5, 5.41) is 12.6. The normalized spacial score (nSPS) is 10.8. The van der Waals surface area contributed by atoms with Crippen molar-refractivity contribution in [1.29, 1.82) is 0 Å². The summed E-state index contributed by atoms with van der Waals surface area (Å²) in [6.45, 7) is 3.98. The van der Waals surface area contributed by atoms with E-state index in [0.29, 0.717) is 41.4 Å². The minimum atomic E-state index is -0.166. The van der Waals surface area contributed by atoms with Crippen LogP contribution in [0.15, 0.2) is 47.9 Å². The molecule has 3 aromatic rings. The third-order valence-electron chi connectivity index (χ3n) is 4.30. The highest BCUT2D eigenvalue weighted by Gasteiger charge is 2.16. The zero-order valence-corrected chi connectivity index (χ0v) is 18.9. The van der Waals surface area contributed by atoms with E-state index in [0.717, 1.165) is 17.8 Å². The molecule has 0 aliphatic rings. The zero-order valence-electron chi connectivity index (χ0n) is 17.4. The SMILES string of the molecule is CCOCCCn1c(SCC(=O)Nc2ccc(OC)c(Cl)c2)nnc1-c1ccncc1. The van der Waals surface area contributed by atoms with Crippen LogP contribution in [-0.4, -0.2) is 51.7 Å². The number of thioether (sulfide) groups is 1. The van der Waals surface area contributed by atoms with Gasteiger partial charge in [-0.3, -0.25) is 9.78 Å². The molecule has 8 nitrogen and oxygen atoms in total. The number of nitrogens with one attached hydrogen (secondary N) is 1. The van der Waals surface area contributed by atoms with Crippen LogP contribution in [0.4, 0.5) is 5.69 Å². The first kappa shape index (κ1) is 23.1. The number of carbonyl (C=O) groups is 1. The highest BCUT2D eigenvalue weighted by molar-refractivity contribution is 7.99. The number of hydrogen-bond donors (Lipinski definition) is 1. The van der Waals surface area contributed by atoms with Gasteiger partial charge in [-0.25, -0.2) is 0 Å². The standard InChI is InChI=1S/C21H24ClN5O3S/c1-3-30-12-4-11-27-20(15-7-9-23-10-8-15)25-26-21(27)31-14-19(28)24-16-5-6-18(29-2)17(22)13-16/h5-10,13H,3-4,11-12,14H2,1-2H3,(H,24,28). The number of anilines is 1. The molecule has 0 unspecified atom stereocenters. The Morgan fingerprint density at radius 2 is 2.03 bits per heavy atom. The van der Waals surface area contributed by atoms with Crippen LogP contribution in [0, 0.1) is 0 Å². The minimum Gasteiger partial charge on any atom is -0.495 e. The van der Waals surface area contributed by atoms with E-state index in [2.05, 4.69) is 20.5 Å². The van der Waals surface area contributed by atoms with Gasteiger partial charge in [0.1, 0.15) is 5.75 Å². The molecule has 1 N–H and O–H groups in total. The molecule has 0 radical (unpaired) electrons. The summed E-state index contributed by atoms with van der Waals surface area (Å²) in [6, 6.07) is 8.88. The van der Waals surface area contributed by atoms with Crippen LogP contribution in [-0.2, 0) is 16.1 Å². The van der Waals surface area contributed by atoms with Gasteiger partial charge >= 0.3 is 0 Å². The van der Waals surface area contributed by atoms with Gasteiger partial charge in [-0.05, 0) is 43.7 Å². The number of rotatable bonds is 11. The topological polar surface area (TPSA) is 91.2 Å². The third kappa shape index (κ3) is 6.43. The van der Waals surface area contributed by atoms with Crippen molar-refractivity contribution in [2.24, 2.45) is 0 Å². The molecule has 3 rings (SSSR count). The van der Waals surface area contributed by atoms with Crippen molar-refractivity contribution in [3.05, 3.63) is 47.7 Å². The van der Waals surface area contributed by atoms with E-state index < -0.39 is 0 Å². The zero-order chi connectivity index (χ0) is 22.1. The Hall–Kier alpha value is -2.62. The molecule has 0 saturated carbocycles. The molecule has 2 aromatic heterocycles. The molecule has 0 saturated heterocycles. The van der Waals surface area contributed by atoms with Crippen LogP contribution in [0.25, 0.3) is 11.4 Å². The monoisotopic (exact) mass is 461 g/mol. The number of pyridine rings is 1. The summed E-state index contributed by atoms with van der Waals surface area (Å²) < 4.78 is 12.6. The lowest BCUT2D eigenvalue weighted by atomic mass is 10.2. The number of hydrogen-bond acceptors (Lipinski definition) is 7. The van der Waals surface area contributed by atoms with Crippen molar-refractivity contribution in [2.75, 3.05) is 31.4 Å². The van der Waals surface area contributed by atoms with E-state index in [1.807, 2.05) is 23.6 Å². The predicted octanol–water partition coefficient (Wildman–Crippen LogP) is 4.16. The van der Waals surface area contributed by atoms with E-state index in [9.17, 15) is 4.79 Å². The molecule has 164 valence electrons. The largest absolute Gasteiger partial charge is 0.495 e. The summed E-state index contributed by atoms with van der Waals surface area (Å²) in [5.41, 5.74) is 1.52. The highest BCUT2D eigenvalue weighted by Crippen LogP contribution is 2.28. The van der Waals surface area contributed by atoms with E-state index in [-0.39, 0.29) is 11.7 Å². The van der Waals surface area contributed by atoms with E-state index in [1.165, 1.54) is 11.8 Å². The molecule has 1 aromatic carbocycles. The van der Waals surface area contributed by atoms with Gasteiger partial charge in [-0.1, -0.05) is 23.4 Å². The van der Waals surface area contributed by atoms with E-state index in [1.54, 1.807) is 37.7 Å². The van der Waals surface area contributed by atoms with Crippen LogP contribution in [0.1, 0.15) is 13.3 Å². The van der Waals surface area contributed by atoms with Crippen molar-refractivity contribution < 1.29 is 14.3 Å². The van der Waals surface area contributed by atoms with Crippen molar-refractivity contribution in [2.45, 2.75) is 25.0 Å². The van der Waals surface area contributed by atoms with E-state index in [4.69, 9.17) is 21.1 Å². The molecule has 0 bridgehead atoms. The van der Waals surface area contributed by atoms with Crippen molar-refractivity contribution in [3.8, 4) is 17.1 Å². The summed E-state index contributed by atoms with van der Waals surface area (Å²) in [7, 11) is 1.54. The number of halogens is 1. The molecule has 31 heavy (non-hydrogen) atoms. The van der Waals surface area contributed by atoms with Crippen LogP contribution in [0.5, 0.6) is 5.75 Å². The number of ether oxygens (including phenoxy) is 2. The summed E-state index contributed by atoms with van der Waals surface area (Å²) in [5.74, 6) is 1.31. The molecule has 10 heteroatoms. The Bertz CT molecular complexity index is 1000. The van der Waals surface area contributed by atoms with Crippen LogP contribution < -0.4 is 10.1 Å². The molecule has 0 aliphatic carbocycles. The molecule has 0 aliphatic heterocycles. The molecule has 0 fully saturated rings. The van der Waals surface area contributed by atoms with Gasteiger partial charge in [0.25, 0.3) is 0 Å². The van der Waals surface area contributed by atoms with Crippen LogP contribution in [0.3, 0.4) is 0 Å². The first-order valence-corrected chi connectivity index (χ1v) is 11.2. The lowest BCUT2D eigenvalue weighted by Crippen LogP contribution is -2.15. The number of amides is 1. The predicted molar refractivity (Wildman–Crippen MR) is 122 cm³/mol. The fraction of sp³-hybridized carbons (Fsp3) is 0.333. The van der Waals surface area contributed by atoms with Gasteiger partial charge in [0.15, 0.2) is 11.0 Å². The second-order valence-electron chi connectivity index (χ2n) is 6.43. The van der Waals surface area contributed by atoms with Gasteiger partial charge in [0, 0.05) is 43.4 Å². The summed E-state index contributed by atoms with van der Waals surface area (Å²) in [4.78, 5) is 16.5. The van der Waals surface area contributed by atoms with Crippen molar-refractivity contribution in [1.82, 2.24) is 19.7 Å². The summed E-state index contributed by atoms with van der Waals surface area (Å²) in [6.07, 6.45) is 4.25. The molecule has 0 spiro atoms. The Morgan fingerprint density at radius 3 is 2.74 bits per heavy atom. The van der Waals surface area contributed by atoms with Crippen LogP contribution in [0.2, 0.25) is 5.02 Å². The van der Waals surface area contributed by atoms with E-state index >= 15 is 0 Å². The quantitative estimate of drug-likeness (QED) is 0.338. The molecular weight excluding hydrogens is 438 g/mol. The maximum Gasteiger partial charge on any atom is 0.234 e. The summed E-state index contributed by atoms with van der Waals surface area (Å²) >= 11 is 7.45.